The quantitative estimate of drug-likeness (QED) is 0.803. The molecule has 1 unspecified atom stereocenters. The van der Waals surface area contributed by atoms with Gasteiger partial charge in [0.2, 0.25) is 0 Å². The van der Waals surface area contributed by atoms with Crippen molar-refractivity contribution in [3.05, 3.63) is 0 Å². The second-order valence-electron chi connectivity index (χ2n) is 5.66. The highest BCUT2D eigenvalue weighted by Gasteiger charge is 2.44. The third-order valence-electron chi connectivity index (χ3n) is 4.42. The van der Waals surface area contributed by atoms with Crippen molar-refractivity contribution >= 4 is 11.9 Å². The minimum atomic E-state index is -1.14. The van der Waals surface area contributed by atoms with Crippen LogP contribution in [0, 0.1) is 5.92 Å². The largest absolute Gasteiger partial charge is 0.480 e. The van der Waals surface area contributed by atoms with E-state index < -0.39 is 17.6 Å². The van der Waals surface area contributed by atoms with E-state index in [0.29, 0.717) is 32.0 Å². The zero-order valence-electron chi connectivity index (χ0n) is 11.9. The second-order valence-corrected chi connectivity index (χ2v) is 5.66. The second kappa shape index (κ2) is 6.54. The van der Waals surface area contributed by atoms with Gasteiger partial charge in [-0.1, -0.05) is 13.3 Å². The Hall–Kier alpha value is -1.14. The average Bonchev–Trinajstić information content (AvgIpc) is 2.48. The molecule has 1 amide bonds. The maximum absolute atomic E-state index is 12.1. The summed E-state index contributed by atoms with van der Waals surface area (Å²) in [5, 5.41) is 12.2. The lowest BCUT2D eigenvalue weighted by atomic mass is 9.75. The molecule has 0 bridgehead atoms. The fraction of sp³-hybridized carbons (Fsp3) is 0.857. The van der Waals surface area contributed by atoms with E-state index in [-0.39, 0.29) is 12.5 Å². The van der Waals surface area contributed by atoms with Crippen LogP contribution >= 0.6 is 0 Å². The molecule has 1 heterocycles. The summed E-state index contributed by atoms with van der Waals surface area (Å²) in [7, 11) is 0. The van der Waals surface area contributed by atoms with Crippen molar-refractivity contribution in [2.45, 2.75) is 50.7 Å². The van der Waals surface area contributed by atoms with Crippen molar-refractivity contribution in [3.63, 3.8) is 0 Å². The topological polar surface area (TPSA) is 84.9 Å². The van der Waals surface area contributed by atoms with Crippen LogP contribution in [0.2, 0.25) is 0 Å². The summed E-state index contributed by atoms with van der Waals surface area (Å²) in [5.74, 6) is -0.757. The van der Waals surface area contributed by atoms with E-state index in [1.807, 2.05) is 0 Å². The molecule has 6 heteroatoms. The Bertz CT molecular complexity index is 357. The third kappa shape index (κ3) is 3.30. The number of carboxylic acid groups (broad SMARTS) is 1. The van der Waals surface area contributed by atoms with Gasteiger partial charge in [0.1, 0.15) is 5.54 Å². The summed E-state index contributed by atoms with van der Waals surface area (Å²) < 4.78 is 10.5. The summed E-state index contributed by atoms with van der Waals surface area (Å²) in [6, 6.07) is 0. The summed E-state index contributed by atoms with van der Waals surface area (Å²) >= 11 is 0. The SMILES string of the molecule is CCC1CCC(NC(=O)C2COCCO2)(C(=O)O)CC1. The lowest BCUT2D eigenvalue weighted by Crippen LogP contribution is -2.59. The lowest BCUT2D eigenvalue weighted by Gasteiger charge is -2.38. The van der Waals surface area contributed by atoms with Gasteiger partial charge in [-0.2, -0.15) is 0 Å². The van der Waals surface area contributed by atoms with E-state index in [2.05, 4.69) is 12.2 Å². The molecule has 6 nitrogen and oxygen atoms in total. The fourth-order valence-electron chi connectivity index (χ4n) is 2.93. The molecule has 2 aliphatic rings. The number of nitrogens with one attached hydrogen (secondary N) is 1. The van der Waals surface area contributed by atoms with Crippen LogP contribution in [0.5, 0.6) is 0 Å². The van der Waals surface area contributed by atoms with Gasteiger partial charge in [0.05, 0.1) is 19.8 Å². The van der Waals surface area contributed by atoms with Crippen molar-refractivity contribution in [1.29, 1.82) is 0 Å². The summed E-state index contributed by atoms with van der Waals surface area (Å²) in [4.78, 5) is 23.8. The van der Waals surface area contributed by atoms with Crippen LogP contribution in [0.25, 0.3) is 0 Å². The molecule has 1 saturated carbocycles. The van der Waals surface area contributed by atoms with Crippen LogP contribution in [0.15, 0.2) is 0 Å². The van der Waals surface area contributed by atoms with Gasteiger partial charge < -0.3 is 19.9 Å². The van der Waals surface area contributed by atoms with Gasteiger partial charge in [-0.25, -0.2) is 4.79 Å². The molecule has 114 valence electrons. The molecule has 1 atom stereocenters. The molecule has 20 heavy (non-hydrogen) atoms. The molecule has 0 spiro atoms. The van der Waals surface area contributed by atoms with Gasteiger partial charge in [-0.05, 0) is 31.6 Å². The van der Waals surface area contributed by atoms with Crippen molar-refractivity contribution in [2.24, 2.45) is 5.92 Å². The zero-order chi connectivity index (χ0) is 14.6. The van der Waals surface area contributed by atoms with Gasteiger partial charge >= 0.3 is 5.97 Å². The first-order valence-corrected chi connectivity index (χ1v) is 7.32. The Morgan fingerprint density at radius 3 is 2.50 bits per heavy atom. The number of carboxylic acids is 1. The first-order valence-electron chi connectivity index (χ1n) is 7.32. The molecule has 0 aromatic carbocycles. The minimum Gasteiger partial charge on any atom is -0.480 e. The molecule has 2 N–H and O–H groups in total. The van der Waals surface area contributed by atoms with Gasteiger partial charge in [-0.15, -0.1) is 0 Å². The summed E-state index contributed by atoms with van der Waals surface area (Å²) in [6.45, 7) is 3.16. The zero-order valence-corrected chi connectivity index (χ0v) is 11.9. The summed E-state index contributed by atoms with van der Waals surface area (Å²) in [5.41, 5.74) is -1.14. The van der Waals surface area contributed by atoms with Crippen LogP contribution < -0.4 is 5.32 Å². The predicted molar refractivity (Wildman–Crippen MR) is 71.3 cm³/mol. The number of aliphatic carboxylic acids is 1. The van der Waals surface area contributed by atoms with Crippen LogP contribution in [0.3, 0.4) is 0 Å². The highest BCUT2D eigenvalue weighted by Crippen LogP contribution is 2.34. The first kappa shape index (κ1) is 15.3. The van der Waals surface area contributed by atoms with Gasteiger partial charge in [0, 0.05) is 0 Å². The smallest absolute Gasteiger partial charge is 0.329 e. The fourth-order valence-corrected chi connectivity index (χ4v) is 2.93. The summed E-state index contributed by atoms with van der Waals surface area (Å²) in [6.07, 6.45) is 3.02. The first-order chi connectivity index (χ1) is 9.57. The van der Waals surface area contributed by atoms with E-state index in [9.17, 15) is 14.7 Å². The molecular formula is C14H23NO5. The molecule has 2 fully saturated rings. The molecule has 0 radical (unpaired) electrons. The van der Waals surface area contributed by atoms with Gasteiger partial charge in [-0.3, -0.25) is 4.79 Å². The maximum atomic E-state index is 12.1. The molecular weight excluding hydrogens is 262 g/mol. The van der Waals surface area contributed by atoms with E-state index in [0.717, 1.165) is 19.3 Å². The molecule has 1 saturated heterocycles. The van der Waals surface area contributed by atoms with Crippen LogP contribution in [0.1, 0.15) is 39.0 Å². The molecule has 1 aliphatic carbocycles. The van der Waals surface area contributed by atoms with Crippen molar-refractivity contribution in [1.82, 2.24) is 5.32 Å². The number of hydrogen-bond acceptors (Lipinski definition) is 4. The number of rotatable bonds is 4. The van der Waals surface area contributed by atoms with Crippen LogP contribution in [-0.4, -0.2) is 48.4 Å². The van der Waals surface area contributed by atoms with E-state index >= 15 is 0 Å². The number of carbonyl (C=O) groups is 2. The van der Waals surface area contributed by atoms with Gasteiger partial charge in [0.15, 0.2) is 6.10 Å². The molecule has 0 aromatic heterocycles. The Morgan fingerprint density at radius 2 is 2.00 bits per heavy atom. The minimum absolute atomic E-state index is 0.194. The lowest BCUT2D eigenvalue weighted by molar-refractivity contribution is -0.158. The van der Waals surface area contributed by atoms with Crippen molar-refractivity contribution < 1.29 is 24.2 Å². The van der Waals surface area contributed by atoms with Crippen LogP contribution in [0.4, 0.5) is 0 Å². The Labute approximate surface area is 118 Å². The predicted octanol–water partition coefficient (Wildman–Crippen LogP) is 0.942. The number of hydrogen-bond donors (Lipinski definition) is 2. The Balaban J connectivity index is 1.98. The number of ether oxygens (including phenoxy) is 2. The van der Waals surface area contributed by atoms with Crippen molar-refractivity contribution in [3.8, 4) is 0 Å². The average molecular weight is 285 g/mol. The normalized spacial score (nSPS) is 34.5. The highest BCUT2D eigenvalue weighted by atomic mass is 16.6. The Kier molecular flexibility index (Phi) is 4.99. The van der Waals surface area contributed by atoms with Gasteiger partial charge in [0.25, 0.3) is 5.91 Å². The van der Waals surface area contributed by atoms with E-state index in [1.54, 1.807) is 0 Å². The van der Waals surface area contributed by atoms with Crippen molar-refractivity contribution in [2.75, 3.05) is 19.8 Å². The standard InChI is InChI=1S/C14H23NO5/c1-2-10-3-5-14(6-4-10,13(17)18)15-12(16)11-9-19-7-8-20-11/h10-11H,2-9H2,1H3,(H,15,16)(H,17,18). The number of amides is 1. The van der Waals surface area contributed by atoms with E-state index in [1.165, 1.54) is 0 Å². The number of carbonyl (C=O) groups excluding carboxylic acids is 1. The monoisotopic (exact) mass is 285 g/mol. The van der Waals surface area contributed by atoms with Crippen LogP contribution in [-0.2, 0) is 19.1 Å². The molecule has 1 aliphatic heterocycles. The molecule has 2 rings (SSSR count). The highest BCUT2D eigenvalue weighted by molar-refractivity contribution is 5.89. The Morgan fingerprint density at radius 1 is 1.30 bits per heavy atom. The van der Waals surface area contributed by atoms with E-state index in [4.69, 9.17) is 9.47 Å². The third-order valence-corrected chi connectivity index (χ3v) is 4.42. The molecule has 0 aromatic rings. The maximum Gasteiger partial charge on any atom is 0.329 e.